The molecule has 5 N–H and O–H groups in total. The van der Waals surface area contributed by atoms with Crippen molar-refractivity contribution in [1.29, 1.82) is 0 Å². The molecule has 2 rings (SSSR count). The van der Waals surface area contributed by atoms with Crippen LogP contribution >= 0.6 is 23.2 Å². The molecule has 1 aromatic carbocycles. The Kier molecular flexibility index (Phi) is 4.90. The standard InChI is InChI=1S/C15H15Cl2N5/c1-8(18)21-15-9(14(19)20-2)6-7-12(22-15)13-10(16)4-3-5-11(13)17/h3-7,20H,1,18-19H2,2H3/b14-9+,21-15+. The third-order valence-corrected chi connectivity index (χ3v) is 3.53. The van der Waals surface area contributed by atoms with Crippen LogP contribution in [0.3, 0.4) is 0 Å². The molecule has 1 aliphatic rings. The molecule has 0 saturated carbocycles. The van der Waals surface area contributed by atoms with Gasteiger partial charge in [-0.1, -0.05) is 35.8 Å². The Morgan fingerprint density at radius 1 is 1.23 bits per heavy atom. The summed E-state index contributed by atoms with van der Waals surface area (Å²) in [5.41, 5.74) is 13.3. The van der Waals surface area contributed by atoms with E-state index in [1.165, 1.54) is 0 Å². The molecule has 0 saturated heterocycles. The normalized spacial score (nSPS) is 18.1. The van der Waals surface area contributed by atoms with E-state index < -0.39 is 0 Å². The van der Waals surface area contributed by atoms with E-state index in [2.05, 4.69) is 21.9 Å². The number of benzene rings is 1. The first-order valence-corrected chi connectivity index (χ1v) is 7.11. The van der Waals surface area contributed by atoms with E-state index in [0.29, 0.717) is 38.6 Å². The Labute approximate surface area is 138 Å². The van der Waals surface area contributed by atoms with E-state index in [1.54, 1.807) is 37.4 Å². The molecule has 0 aliphatic carbocycles. The topological polar surface area (TPSA) is 88.8 Å². The molecule has 22 heavy (non-hydrogen) atoms. The summed E-state index contributed by atoms with van der Waals surface area (Å²) in [6.07, 6.45) is 3.54. The highest BCUT2D eigenvalue weighted by atomic mass is 35.5. The zero-order valence-electron chi connectivity index (χ0n) is 11.9. The minimum atomic E-state index is 0.125. The van der Waals surface area contributed by atoms with Gasteiger partial charge in [0, 0.05) is 12.6 Å². The van der Waals surface area contributed by atoms with Crippen molar-refractivity contribution in [3.8, 4) is 0 Å². The van der Waals surface area contributed by atoms with Gasteiger partial charge in [-0.3, -0.25) is 0 Å². The Bertz CT molecular complexity index is 724. The minimum absolute atomic E-state index is 0.125. The van der Waals surface area contributed by atoms with Crippen LogP contribution in [0.1, 0.15) is 5.56 Å². The summed E-state index contributed by atoms with van der Waals surface area (Å²) in [4.78, 5) is 8.58. The molecular weight excluding hydrogens is 321 g/mol. The third-order valence-electron chi connectivity index (χ3n) is 2.90. The third kappa shape index (κ3) is 3.32. The second-order valence-corrected chi connectivity index (χ2v) is 5.25. The Hall–Kier alpha value is -2.24. The van der Waals surface area contributed by atoms with Crippen LogP contribution in [0.15, 0.2) is 64.1 Å². The first-order chi connectivity index (χ1) is 10.4. The summed E-state index contributed by atoms with van der Waals surface area (Å²) < 4.78 is 0. The number of halogens is 2. The van der Waals surface area contributed by atoms with Crippen LogP contribution in [-0.2, 0) is 0 Å². The lowest BCUT2D eigenvalue weighted by atomic mass is 10.0. The van der Waals surface area contributed by atoms with E-state index in [9.17, 15) is 0 Å². The zero-order valence-corrected chi connectivity index (χ0v) is 13.4. The molecule has 5 nitrogen and oxygen atoms in total. The van der Waals surface area contributed by atoms with Crippen molar-refractivity contribution >= 4 is 34.7 Å². The molecule has 0 aromatic heterocycles. The number of hydrogen-bond donors (Lipinski definition) is 3. The number of nitrogens with two attached hydrogens (primary N) is 2. The number of aliphatic imine (C=N–C) groups is 2. The van der Waals surface area contributed by atoms with Gasteiger partial charge >= 0.3 is 0 Å². The summed E-state index contributed by atoms with van der Waals surface area (Å²) in [7, 11) is 1.70. The van der Waals surface area contributed by atoms with E-state index in [1.807, 2.05) is 0 Å². The lowest BCUT2D eigenvalue weighted by molar-refractivity contribution is 0.955. The highest BCUT2D eigenvalue weighted by Crippen LogP contribution is 2.27. The van der Waals surface area contributed by atoms with Gasteiger partial charge in [-0.15, -0.1) is 0 Å². The number of rotatable bonds is 3. The fourth-order valence-electron chi connectivity index (χ4n) is 1.90. The Morgan fingerprint density at radius 3 is 2.41 bits per heavy atom. The van der Waals surface area contributed by atoms with Gasteiger partial charge in [0.1, 0.15) is 11.6 Å². The number of amidine groups is 1. The molecule has 0 radical (unpaired) electrons. The fraction of sp³-hybridized carbons (Fsp3) is 0.0667. The molecule has 7 heteroatoms. The Balaban J connectivity index is 2.60. The van der Waals surface area contributed by atoms with Gasteiger partial charge in [-0.2, -0.15) is 0 Å². The number of hydrogen-bond acceptors (Lipinski definition) is 4. The minimum Gasteiger partial charge on any atom is -0.385 e. The van der Waals surface area contributed by atoms with Crippen molar-refractivity contribution in [3.63, 3.8) is 0 Å². The molecule has 0 bridgehead atoms. The summed E-state index contributed by atoms with van der Waals surface area (Å²) in [6, 6.07) is 5.25. The molecule has 0 amide bonds. The first-order valence-electron chi connectivity index (χ1n) is 6.36. The lowest BCUT2D eigenvalue weighted by Crippen LogP contribution is -2.22. The number of nitrogens with zero attached hydrogens (tertiary/aromatic N) is 2. The highest BCUT2D eigenvalue weighted by molar-refractivity contribution is 6.42. The van der Waals surface area contributed by atoms with Crippen LogP contribution in [0.5, 0.6) is 0 Å². The molecule has 0 atom stereocenters. The van der Waals surface area contributed by atoms with E-state index in [4.69, 9.17) is 34.7 Å². The van der Waals surface area contributed by atoms with Crippen LogP contribution in [0.4, 0.5) is 0 Å². The van der Waals surface area contributed by atoms with Gasteiger partial charge in [-0.25, -0.2) is 9.98 Å². The smallest absolute Gasteiger partial charge is 0.165 e. The lowest BCUT2D eigenvalue weighted by Gasteiger charge is -2.15. The average molecular weight is 336 g/mol. The number of allylic oxidation sites excluding steroid dienone is 1. The van der Waals surface area contributed by atoms with Gasteiger partial charge in [0.15, 0.2) is 5.84 Å². The van der Waals surface area contributed by atoms with Gasteiger partial charge in [-0.05, 0) is 24.3 Å². The van der Waals surface area contributed by atoms with E-state index >= 15 is 0 Å². The van der Waals surface area contributed by atoms with Crippen molar-refractivity contribution in [2.45, 2.75) is 0 Å². The molecule has 0 fully saturated rings. The van der Waals surface area contributed by atoms with Crippen molar-refractivity contribution in [2.24, 2.45) is 21.5 Å². The number of nitrogens with one attached hydrogen (secondary N) is 1. The Morgan fingerprint density at radius 2 is 1.86 bits per heavy atom. The zero-order chi connectivity index (χ0) is 16.3. The molecule has 1 aliphatic heterocycles. The maximum Gasteiger partial charge on any atom is 0.165 e. The van der Waals surface area contributed by atoms with Crippen LogP contribution in [0.2, 0.25) is 10.0 Å². The second kappa shape index (κ2) is 6.68. The molecule has 0 unspecified atom stereocenters. The fourth-order valence-corrected chi connectivity index (χ4v) is 2.49. The number of dihydropyridines is 1. The predicted octanol–water partition coefficient (Wildman–Crippen LogP) is 2.57. The van der Waals surface area contributed by atoms with Crippen LogP contribution in [0.25, 0.3) is 0 Å². The molecule has 1 heterocycles. The molecule has 114 valence electrons. The van der Waals surface area contributed by atoms with Crippen LogP contribution < -0.4 is 16.8 Å². The molecule has 1 aromatic rings. The quantitative estimate of drug-likeness (QED) is 0.793. The second-order valence-electron chi connectivity index (χ2n) is 4.43. The average Bonchev–Trinajstić information content (AvgIpc) is 2.46. The summed E-state index contributed by atoms with van der Waals surface area (Å²) >= 11 is 12.4. The molecule has 0 spiro atoms. The van der Waals surface area contributed by atoms with E-state index in [0.717, 1.165) is 0 Å². The van der Waals surface area contributed by atoms with Crippen LogP contribution in [-0.4, -0.2) is 18.6 Å². The van der Waals surface area contributed by atoms with Crippen molar-refractivity contribution < 1.29 is 0 Å². The van der Waals surface area contributed by atoms with E-state index in [-0.39, 0.29) is 5.82 Å². The van der Waals surface area contributed by atoms with Crippen LogP contribution in [0, 0.1) is 0 Å². The van der Waals surface area contributed by atoms with Gasteiger partial charge in [0.25, 0.3) is 0 Å². The SMILES string of the molecule is C=C(N)/N=C1/N=C(c2c(Cl)cccc2Cl)C=C/C1=C(/N)NC. The monoisotopic (exact) mass is 335 g/mol. The van der Waals surface area contributed by atoms with Gasteiger partial charge < -0.3 is 16.8 Å². The van der Waals surface area contributed by atoms with Gasteiger partial charge in [0.05, 0.1) is 21.3 Å². The van der Waals surface area contributed by atoms with Crippen molar-refractivity contribution in [2.75, 3.05) is 7.05 Å². The molecular formula is C15H15Cl2N5. The summed E-state index contributed by atoms with van der Waals surface area (Å²) in [5, 5.41) is 3.84. The highest BCUT2D eigenvalue weighted by Gasteiger charge is 2.18. The largest absolute Gasteiger partial charge is 0.385 e. The first kappa shape index (κ1) is 16.1. The van der Waals surface area contributed by atoms with Gasteiger partial charge in [0.2, 0.25) is 0 Å². The maximum atomic E-state index is 6.21. The summed E-state index contributed by atoms with van der Waals surface area (Å²) in [5.74, 6) is 0.886. The summed E-state index contributed by atoms with van der Waals surface area (Å²) in [6.45, 7) is 3.56. The predicted molar refractivity (Wildman–Crippen MR) is 93.2 cm³/mol. The van der Waals surface area contributed by atoms with Crippen molar-refractivity contribution in [3.05, 3.63) is 69.8 Å². The maximum absolute atomic E-state index is 6.21. The van der Waals surface area contributed by atoms with Crippen molar-refractivity contribution in [1.82, 2.24) is 5.32 Å².